The first kappa shape index (κ1) is 29.2. The second-order valence-corrected chi connectivity index (χ2v) is 10.1. The third-order valence-corrected chi connectivity index (χ3v) is 7.08. The molecule has 2 N–H and O–H groups in total. The van der Waals surface area contributed by atoms with Gasteiger partial charge in [-0.1, -0.05) is 76.8 Å². The third-order valence-electron chi connectivity index (χ3n) is 6.05. The largest absolute Gasteiger partial charge is 0.466 e. The number of halogens is 1. The van der Waals surface area contributed by atoms with Gasteiger partial charge in [0, 0.05) is 17.6 Å². The van der Waals surface area contributed by atoms with E-state index in [4.69, 9.17) is 17.0 Å². The quantitative estimate of drug-likeness (QED) is 0.184. The van der Waals surface area contributed by atoms with Crippen molar-refractivity contribution >= 4 is 51.0 Å². The summed E-state index contributed by atoms with van der Waals surface area (Å²) >= 11 is 8.76. The van der Waals surface area contributed by atoms with Gasteiger partial charge in [-0.2, -0.15) is 0 Å². The molecule has 1 aromatic rings. The number of unbranched alkanes of at least 4 members (excludes halogenated alkanes) is 9. The van der Waals surface area contributed by atoms with Gasteiger partial charge in [0.1, 0.15) is 6.04 Å². The van der Waals surface area contributed by atoms with E-state index < -0.39 is 12.0 Å². The Labute approximate surface area is 222 Å². The van der Waals surface area contributed by atoms with Gasteiger partial charge in [-0.05, 0) is 46.7 Å². The summed E-state index contributed by atoms with van der Waals surface area (Å²) in [6.45, 7) is 3.37. The molecule has 1 aliphatic rings. The monoisotopic (exact) mass is 567 g/mol. The molecule has 0 saturated carbocycles. The van der Waals surface area contributed by atoms with Crippen molar-refractivity contribution in [1.29, 1.82) is 0 Å². The number of rotatable bonds is 14. The number of carbonyl (C=O) groups is 3. The summed E-state index contributed by atoms with van der Waals surface area (Å²) in [5.74, 6) is -1.12. The molecule has 0 spiro atoms. The van der Waals surface area contributed by atoms with Gasteiger partial charge < -0.3 is 15.0 Å². The second-order valence-electron chi connectivity index (χ2n) is 8.85. The minimum absolute atomic E-state index is 0.116. The molecule has 0 aliphatic carbocycles. The van der Waals surface area contributed by atoms with Crippen molar-refractivity contribution in [2.24, 2.45) is 0 Å². The number of esters is 1. The van der Waals surface area contributed by atoms with Crippen LogP contribution in [0.3, 0.4) is 0 Å². The van der Waals surface area contributed by atoms with Crippen LogP contribution in [0.15, 0.2) is 28.7 Å². The van der Waals surface area contributed by atoms with Gasteiger partial charge in [-0.25, -0.2) is 0 Å². The van der Waals surface area contributed by atoms with E-state index in [1.54, 1.807) is 23.1 Å². The van der Waals surface area contributed by atoms with E-state index in [9.17, 15) is 14.4 Å². The molecule has 1 aromatic carbocycles. The molecule has 0 radical (unpaired) electrons. The minimum atomic E-state index is -0.809. The molecular weight excluding hydrogens is 530 g/mol. The minimum Gasteiger partial charge on any atom is -0.466 e. The first-order valence-electron chi connectivity index (χ1n) is 12.7. The van der Waals surface area contributed by atoms with Crippen LogP contribution >= 0.6 is 28.1 Å². The maximum absolute atomic E-state index is 12.6. The van der Waals surface area contributed by atoms with E-state index in [1.807, 2.05) is 6.07 Å². The fourth-order valence-corrected chi connectivity index (χ4v) is 4.81. The number of piperazine rings is 1. The van der Waals surface area contributed by atoms with Crippen LogP contribution < -0.4 is 10.6 Å². The molecule has 0 aromatic heterocycles. The third kappa shape index (κ3) is 10.7. The highest BCUT2D eigenvalue weighted by molar-refractivity contribution is 9.10. The zero-order chi connectivity index (χ0) is 25.5. The van der Waals surface area contributed by atoms with Crippen LogP contribution in [0.4, 0.5) is 0 Å². The van der Waals surface area contributed by atoms with Gasteiger partial charge >= 0.3 is 5.97 Å². The number of hydrogen-bond donors (Lipinski definition) is 2. The predicted octanol–water partition coefficient (Wildman–Crippen LogP) is 5.12. The molecule has 1 aliphatic heterocycles. The molecular formula is C26H38BrN3O4S. The second kappa shape index (κ2) is 16.6. The first-order chi connectivity index (χ1) is 16.9. The van der Waals surface area contributed by atoms with Crippen molar-refractivity contribution in [2.45, 2.75) is 83.6 Å². The lowest BCUT2D eigenvalue weighted by Crippen LogP contribution is -2.60. The summed E-state index contributed by atoms with van der Waals surface area (Å²) in [4.78, 5) is 39.1. The zero-order valence-corrected chi connectivity index (χ0v) is 23.1. The Kier molecular flexibility index (Phi) is 13.9. The molecule has 1 fully saturated rings. The molecule has 9 heteroatoms. The van der Waals surface area contributed by atoms with Gasteiger partial charge in [0.05, 0.1) is 18.6 Å². The van der Waals surface area contributed by atoms with Gasteiger partial charge in [-0.15, -0.1) is 0 Å². The molecule has 0 bridgehead atoms. The first-order valence-corrected chi connectivity index (χ1v) is 13.9. The van der Waals surface area contributed by atoms with E-state index in [1.165, 1.54) is 44.9 Å². The van der Waals surface area contributed by atoms with Gasteiger partial charge in [0.2, 0.25) is 5.91 Å². The average molecular weight is 569 g/mol. The molecule has 194 valence electrons. The lowest BCUT2D eigenvalue weighted by atomic mass is 10.1. The van der Waals surface area contributed by atoms with Crippen molar-refractivity contribution in [3.8, 4) is 0 Å². The Hall–Kier alpha value is -2.00. The van der Waals surface area contributed by atoms with Gasteiger partial charge in [-0.3, -0.25) is 19.7 Å². The van der Waals surface area contributed by atoms with Crippen LogP contribution in [0, 0.1) is 0 Å². The summed E-state index contributed by atoms with van der Waals surface area (Å²) in [7, 11) is 0. The van der Waals surface area contributed by atoms with Crippen LogP contribution in [0.25, 0.3) is 0 Å². The molecule has 1 atom stereocenters. The lowest BCUT2D eigenvalue weighted by molar-refractivity contribution is -0.147. The Morgan fingerprint density at radius 2 is 1.71 bits per heavy atom. The zero-order valence-electron chi connectivity index (χ0n) is 20.7. The predicted molar refractivity (Wildman–Crippen MR) is 145 cm³/mol. The summed E-state index contributed by atoms with van der Waals surface area (Å²) < 4.78 is 6.02. The standard InChI is InChI=1S/C26H38BrN3O4S/c1-2-3-4-5-6-7-8-9-10-13-18-34-23(31)19-22-25(33)28-16-17-30(22)26(35)29-24(32)20-14-11-12-15-21(20)27/h11-12,14-15,22H,2-10,13,16-19H2,1H3,(H,28,33)(H,29,32,35). The fraction of sp³-hybridized carbons (Fsp3) is 0.615. The SMILES string of the molecule is CCCCCCCCCCCCOC(=O)CC1C(=O)NCCN1C(=S)NC(=O)c1ccccc1Br. The van der Waals surface area contributed by atoms with E-state index in [0.29, 0.717) is 29.7 Å². The molecule has 7 nitrogen and oxygen atoms in total. The van der Waals surface area contributed by atoms with Crippen molar-refractivity contribution in [3.05, 3.63) is 34.3 Å². The smallest absolute Gasteiger partial charge is 0.308 e. The highest BCUT2D eigenvalue weighted by Gasteiger charge is 2.34. The number of amides is 2. The van der Waals surface area contributed by atoms with E-state index in [2.05, 4.69) is 33.5 Å². The van der Waals surface area contributed by atoms with Crippen LogP contribution in [-0.4, -0.2) is 53.5 Å². The Morgan fingerprint density at radius 3 is 2.37 bits per heavy atom. The summed E-state index contributed by atoms with van der Waals surface area (Å²) in [6.07, 6.45) is 12.0. The normalized spacial score (nSPS) is 15.4. The maximum Gasteiger partial charge on any atom is 0.308 e. The van der Waals surface area contributed by atoms with Crippen LogP contribution in [0.2, 0.25) is 0 Å². The Morgan fingerprint density at radius 1 is 1.09 bits per heavy atom. The lowest BCUT2D eigenvalue weighted by Gasteiger charge is -2.36. The average Bonchev–Trinajstić information content (AvgIpc) is 2.84. The summed E-state index contributed by atoms with van der Waals surface area (Å²) in [5, 5.41) is 5.56. The number of nitrogens with one attached hydrogen (secondary N) is 2. The van der Waals surface area contributed by atoms with Gasteiger partial charge in [0.15, 0.2) is 5.11 Å². The Balaban J connectivity index is 1.71. The number of carbonyl (C=O) groups excluding carboxylic acids is 3. The number of nitrogens with zero attached hydrogens (tertiary/aromatic N) is 1. The summed E-state index contributed by atoms with van der Waals surface area (Å²) in [5.41, 5.74) is 0.434. The van der Waals surface area contributed by atoms with E-state index >= 15 is 0 Å². The van der Waals surface area contributed by atoms with Crippen molar-refractivity contribution in [3.63, 3.8) is 0 Å². The highest BCUT2D eigenvalue weighted by atomic mass is 79.9. The maximum atomic E-state index is 12.6. The van der Waals surface area contributed by atoms with Crippen LogP contribution in [0.5, 0.6) is 0 Å². The number of ether oxygens (including phenoxy) is 1. The van der Waals surface area contributed by atoms with Gasteiger partial charge in [0.25, 0.3) is 5.91 Å². The molecule has 1 saturated heterocycles. The molecule has 1 unspecified atom stereocenters. The number of hydrogen-bond acceptors (Lipinski definition) is 5. The Bertz CT molecular complexity index is 852. The van der Waals surface area contributed by atoms with E-state index in [0.717, 1.165) is 19.3 Å². The fourth-order valence-electron chi connectivity index (χ4n) is 4.03. The van der Waals surface area contributed by atoms with Crippen LogP contribution in [0.1, 0.15) is 87.9 Å². The molecule has 2 amide bonds. The molecule has 35 heavy (non-hydrogen) atoms. The number of benzene rings is 1. The van der Waals surface area contributed by atoms with Crippen molar-refractivity contribution < 1.29 is 19.1 Å². The van der Waals surface area contributed by atoms with Crippen LogP contribution in [-0.2, 0) is 14.3 Å². The summed E-state index contributed by atoms with van der Waals surface area (Å²) in [6, 6.07) is 6.19. The number of thiocarbonyl (C=S) groups is 1. The highest BCUT2D eigenvalue weighted by Crippen LogP contribution is 2.17. The topological polar surface area (TPSA) is 87.7 Å². The molecule has 2 rings (SSSR count). The van der Waals surface area contributed by atoms with E-state index in [-0.39, 0.29) is 23.3 Å². The van der Waals surface area contributed by atoms with Crippen molar-refractivity contribution in [2.75, 3.05) is 19.7 Å². The van der Waals surface area contributed by atoms with Crippen molar-refractivity contribution in [1.82, 2.24) is 15.5 Å². The molecule has 1 heterocycles.